The Morgan fingerprint density at radius 1 is 1.00 bits per heavy atom. The second kappa shape index (κ2) is 5.39. The molecule has 0 N–H and O–H groups in total. The van der Waals surface area contributed by atoms with Crippen LogP contribution >= 0.6 is 0 Å². The van der Waals surface area contributed by atoms with E-state index in [4.69, 9.17) is 0 Å². The average Bonchev–Trinajstić information content (AvgIpc) is 2.91. The van der Waals surface area contributed by atoms with Crippen molar-refractivity contribution in [2.24, 2.45) is 0 Å². The van der Waals surface area contributed by atoms with Crippen molar-refractivity contribution in [3.63, 3.8) is 0 Å². The van der Waals surface area contributed by atoms with E-state index in [-0.39, 0.29) is 5.57 Å². The number of hydrogen-bond donors (Lipinski definition) is 0. The van der Waals surface area contributed by atoms with Gasteiger partial charge in [-0.05, 0) is 36.6 Å². The molecule has 0 atom stereocenters. The lowest BCUT2D eigenvalue weighted by Crippen LogP contribution is -2.16. The minimum Gasteiger partial charge on any atom is -0.335 e. The van der Waals surface area contributed by atoms with E-state index < -0.39 is 0 Å². The first kappa shape index (κ1) is 13.9. The summed E-state index contributed by atoms with van der Waals surface area (Å²) >= 11 is 0. The monoisotopic (exact) mass is 285 g/mol. The van der Waals surface area contributed by atoms with E-state index in [0.717, 1.165) is 16.8 Å². The Morgan fingerprint density at radius 3 is 2.45 bits per heavy atom. The standard InChI is InChI=1S/C19H15N3/c1-13-6-5-9-18(14(13)2)22-12-15-7-3-4-8-17(15)19(22)16(10-20)11-21/h3-9H,12H2,1-2H3. The summed E-state index contributed by atoms with van der Waals surface area (Å²) in [5, 5.41) is 18.7. The molecule has 2 aromatic rings. The van der Waals surface area contributed by atoms with Crippen LogP contribution in [0.5, 0.6) is 0 Å². The molecule has 0 aliphatic carbocycles. The Hall–Kier alpha value is -3.04. The number of benzene rings is 2. The van der Waals surface area contributed by atoms with Crippen molar-refractivity contribution in [2.45, 2.75) is 20.4 Å². The van der Waals surface area contributed by atoms with Gasteiger partial charge in [-0.2, -0.15) is 10.5 Å². The van der Waals surface area contributed by atoms with Gasteiger partial charge in [-0.25, -0.2) is 0 Å². The highest BCUT2D eigenvalue weighted by Gasteiger charge is 2.29. The summed E-state index contributed by atoms with van der Waals surface area (Å²) in [4.78, 5) is 2.08. The SMILES string of the molecule is Cc1cccc(N2Cc3ccccc3C2=C(C#N)C#N)c1C. The number of rotatable bonds is 1. The lowest BCUT2D eigenvalue weighted by atomic mass is 10.0. The fraction of sp³-hybridized carbons (Fsp3) is 0.158. The van der Waals surface area contributed by atoms with Crippen LogP contribution in [0, 0.1) is 36.5 Å². The van der Waals surface area contributed by atoms with Gasteiger partial charge in [0, 0.05) is 17.8 Å². The Kier molecular flexibility index (Phi) is 3.41. The van der Waals surface area contributed by atoms with Crippen LogP contribution < -0.4 is 4.90 Å². The Balaban J connectivity index is 2.26. The fourth-order valence-electron chi connectivity index (χ4n) is 2.92. The summed E-state index contributed by atoms with van der Waals surface area (Å²) in [6.45, 7) is 4.83. The van der Waals surface area contributed by atoms with Crippen LogP contribution in [0.15, 0.2) is 48.0 Å². The van der Waals surface area contributed by atoms with Crippen molar-refractivity contribution in [1.29, 1.82) is 10.5 Å². The van der Waals surface area contributed by atoms with Crippen molar-refractivity contribution >= 4 is 11.4 Å². The molecule has 0 unspecified atom stereocenters. The van der Waals surface area contributed by atoms with E-state index in [2.05, 4.69) is 24.8 Å². The summed E-state index contributed by atoms with van der Waals surface area (Å²) in [5.74, 6) is 0. The van der Waals surface area contributed by atoms with Crippen LogP contribution in [0.1, 0.15) is 22.3 Å². The van der Waals surface area contributed by atoms with E-state index in [1.807, 2.05) is 48.5 Å². The van der Waals surface area contributed by atoms with Gasteiger partial charge in [0.25, 0.3) is 0 Å². The zero-order chi connectivity index (χ0) is 15.7. The van der Waals surface area contributed by atoms with Gasteiger partial charge in [0.2, 0.25) is 0 Å². The molecule has 0 radical (unpaired) electrons. The van der Waals surface area contributed by atoms with Gasteiger partial charge in [0.05, 0.1) is 5.70 Å². The van der Waals surface area contributed by atoms with Gasteiger partial charge in [0.1, 0.15) is 12.1 Å². The lowest BCUT2D eigenvalue weighted by molar-refractivity contribution is 1.02. The molecule has 1 heterocycles. The Morgan fingerprint density at radius 2 is 1.73 bits per heavy atom. The summed E-state index contributed by atoms with van der Waals surface area (Å²) in [6.07, 6.45) is 0. The van der Waals surface area contributed by atoms with Crippen molar-refractivity contribution in [1.82, 2.24) is 0 Å². The number of nitriles is 2. The maximum Gasteiger partial charge on any atom is 0.153 e. The number of anilines is 1. The minimum atomic E-state index is 0.158. The molecule has 0 bridgehead atoms. The number of hydrogen-bond acceptors (Lipinski definition) is 3. The average molecular weight is 285 g/mol. The van der Waals surface area contributed by atoms with E-state index in [9.17, 15) is 10.5 Å². The molecule has 22 heavy (non-hydrogen) atoms. The quantitative estimate of drug-likeness (QED) is 0.742. The first-order valence-corrected chi connectivity index (χ1v) is 7.14. The molecule has 0 spiro atoms. The first-order chi connectivity index (χ1) is 10.7. The highest BCUT2D eigenvalue weighted by Crippen LogP contribution is 2.40. The van der Waals surface area contributed by atoms with Crippen LogP contribution in [0.3, 0.4) is 0 Å². The van der Waals surface area contributed by atoms with E-state index in [1.54, 1.807) is 0 Å². The van der Waals surface area contributed by atoms with Gasteiger partial charge in [-0.1, -0.05) is 36.4 Å². The number of aryl methyl sites for hydroxylation is 1. The van der Waals surface area contributed by atoms with E-state index >= 15 is 0 Å². The van der Waals surface area contributed by atoms with Crippen LogP contribution in [0.4, 0.5) is 5.69 Å². The smallest absolute Gasteiger partial charge is 0.153 e. The van der Waals surface area contributed by atoms with Gasteiger partial charge >= 0.3 is 0 Å². The molecule has 106 valence electrons. The van der Waals surface area contributed by atoms with E-state index in [1.165, 1.54) is 11.1 Å². The highest BCUT2D eigenvalue weighted by molar-refractivity contribution is 5.90. The summed E-state index contributed by atoms with van der Waals surface area (Å²) in [5.41, 5.74) is 6.41. The minimum absolute atomic E-state index is 0.158. The molecule has 0 saturated heterocycles. The molecular formula is C19H15N3. The molecule has 0 aromatic heterocycles. The predicted octanol–water partition coefficient (Wildman–Crippen LogP) is 4.08. The Labute approximate surface area is 130 Å². The summed E-state index contributed by atoms with van der Waals surface area (Å²) in [6, 6.07) is 18.2. The number of allylic oxidation sites excluding steroid dienone is 1. The second-order valence-electron chi connectivity index (χ2n) is 5.41. The first-order valence-electron chi connectivity index (χ1n) is 7.14. The maximum absolute atomic E-state index is 9.34. The molecule has 0 saturated carbocycles. The van der Waals surface area contributed by atoms with Crippen molar-refractivity contribution in [3.05, 3.63) is 70.3 Å². The largest absolute Gasteiger partial charge is 0.335 e. The normalized spacial score (nSPS) is 12.5. The summed E-state index contributed by atoms with van der Waals surface area (Å²) in [7, 11) is 0. The van der Waals surface area contributed by atoms with Gasteiger partial charge in [-0.3, -0.25) is 0 Å². The van der Waals surface area contributed by atoms with Crippen LogP contribution in [-0.2, 0) is 6.54 Å². The molecular weight excluding hydrogens is 270 g/mol. The number of nitrogens with zero attached hydrogens (tertiary/aromatic N) is 3. The molecule has 3 nitrogen and oxygen atoms in total. The third-order valence-electron chi connectivity index (χ3n) is 4.20. The molecule has 3 heteroatoms. The summed E-state index contributed by atoms with van der Waals surface area (Å²) < 4.78 is 0. The van der Waals surface area contributed by atoms with Gasteiger partial charge in [-0.15, -0.1) is 0 Å². The van der Waals surface area contributed by atoms with Crippen LogP contribution in [0.25, 0.3) is 5.70 Å². The molecule has 1 aliphatic heterocycles. The zero-order valence-corrected chi connectivity index (χ0v) is 12.6. The predicted molar refractivity (Wildman–Crippen MR) is 86.7 cm³/mol. The highest BCUT2D eigenvalue weighted by atomic mass is 15.2. The fourth-order valence-corrected chi connectivity index (χ4v) is 2.92. The maximum atomic E-state index is 9.34. The molecule has 3 rings (SSSR count). The molecule has 0 fully saturated rings. The third kappa shape index (κ3) is 2.05. The van der Waals surface area contributed by atoms with Crippen molar-refractivity contribution < 1.29 is 0 Å². The second-order valence-corrected chi connectivity index (χ2v) is 5.41. The Bertz CT molecular complexity index is 847. The van der Waals surface area contributed by atoms with Crippen molar-refractivity contribution in [2.75, 3.05) is 4.90 Å². The lowest BCUT2D eigenvalue weighted by Gasteiger charge is -2.23. The van der Waals surface area contributed by atoms with Gasteiger partial charge < -0.3 is 4.90 Å². The zero-order valence-electron chi connectivity index (χ0n) is 12.6. The topological polar surface area (TPSA) is 50.8 Å². The van der Waals surface area contributed by atoms with Crippen LogP contribution in [-0.4, -0.2) is 0 Å². The molecule has 2 aromatic carbocycles. The van der Waals surface area contributed by atoms with Gasteiger partial charge in [0.15, 0.2) is 5.57 Å². The molecule has 1 aliphatic rings. The van der Waals surface area contributed by atoms with Crippen LogP contribution in [0.2, 0.25) is 0 Å². The third-order valence-corrected chi connectivity index (χ3v) is 4.20. The molecule has 0 amide bonds. The van der Waals surface area contributed by atoms with Crippen molar-refractivity contribution in [3.8, 4) is 12.1 Å². The van der Waals surface area contributed by atoms with E-state index in [0.29, 0.717) is 12.2 Å². The number of fused-ring (bicyclic) bond motifs is 1.